The summed E-state index contributed by atoms with van der Waals surface area (Å²) in [5.41, 5.74) is 0.549. The Labute approximate surface area is 137 Å². The molecule has 2 rings (SSSR count). The first-order valence-corrected chi connectivity index (χ1v) is 9.38. The Morgan fingerprint density at radius 1 is 1.35 bits per heavy atom. The summed E-state index contributed by atoms with van der Waals surface area (Å²) in [7, 11) is -1.97. The topological polar surface area (TPSA) is 58.6 Å². The Bertz CT molecular complexity index is 614. The van der Waals surface area contributed by atoms with Crippen molar-refractivity contribution >= 4 is 10.0 Å². The summed E-state index contributed by atoms with van der Waals surface area (Å²) in [6.07, 6.45) is 1.91. The molecule has 1 fully saturated rings. The van der Waals surface area contributed by atoms with Crippen LogP contribution in [0.15, 0.2) is 23.1 Å². The normalized spacial score (nSPS) is 17.5. The number of likely N-dealkylation sites (tertiary alicyclic amines) is 1. The number of sulfonamides is 1. The van der Waals surface area contributed by atoms with Gasteiger partial charge in [-0.05, 0) is 56.5 Å². The molecule has 5 nitrogen and oxygen atoms in total. The third-order valence-electron chi connectivity index (χ3n) is 4.32. The van der Waals surface area contributed by atoms with Gasteiger partial charge in [-0.25, -0.2) is 17.5 Å². The van der Waals surface area contributed by atoms with Gasteiger partial charge in [-0.15, -0.1) is 0 Å². The number of nitrogens with one attached hydrogen (secondary N) is 1. The average Bonchev–Trinajstić information content (AvgIpc) is 2.54. The summed E-state index contributed by atoms with van der Waals surface area (Å²) in [6, 6.07) is 3.83. The van der Waals surface area contributed by atoms with E-state index in [1.807, 2.05) is 0 Å². The van der Waals surface area contributed by atoms with Gasteiger partial charge in [-0.2, -0.15) is 0 Å². The molecule has 0 spiro atoms. The van der Waals surface area contributed by atoms with Crippen molar-refractivity contribution in [2.45, 2.75) is 24.7 Å². The molecule has 0 unspecified atom stereocenters. The predicted octanol–water partition coefficient (Wildman–Crippen LogP) is 1.77. The lowest BCUT2D eigenvalue weighted by Gasteiger charge is -2.31. The van der Waals surface area contributed by atoms with Crippen LogP contribution in [0.1, 0.15) is 18.4 Å². The van der Waals surface area contributed by atoms with Crippen molar-refractivity contribution in [2.75, 3.05) is 39.9 Å². The smallest absolute Gasteiger partial charge is 0.240 e. The molecule has 0 radical (unpaired) electrons. The molecule has 23 heavy (non-hydrogen) atoms. The minimum Gasteiger partial charge on any atom is -0.383 e. The van der Waals surface area contributed by atoms with E-state index in [0.717, 1.165) is 45.1 Å². The third kappa shape index (κ3) is 5.24. The molecule has 130 valence electrons. The highest BCUT2D eigenvalue weighted by Crippen LogP contribution is 2.19. The molecule has 7 heteroatoms. The van der Waals surface area contributed by atoms with Gasteiger partial charge in [0.15, 0.2) is 0 Å². The Hall–Kier alpha value is -1.02. The van der Waals surface area contributed by atoms with Crippen LogP contribution in [0.4, 0.5) is 4.39 Å². The average molecular weight is 344 g/mol. The second kappa shape index (κ2) is 8.19. The van der Waals surface area contributed by atoms with Crippen molar-refractivity contribution in [1.29, 1.82) is 0 Å². The van der Waals surface area contributed by atoms with Crippen molar-refractivity contribution in [3.05, 3.63) is 29.6 Å². The van der Waals surface area contributed by atoms with E-state index < -0.39 is 15.8 Å². The van der Waals surface area contributed by atoms with E-state index in [4.69, 9.17) is 4.74 Å². The highest BCUT2D eigenvalue weighted by Gasteiger charge is 2.23. The molecular formula is C16H25FN2O3S. The van der Waals surface area contributed by atoms with Crippen LogP contribution >= 0.6 is 0 Å². The molecule has 0 aromatic heterocycles. The Kier molecular flexibility index (Phi) is 6.52. The number of methoxy groups -OCH3 is 1. The minimum atomic E-state index is -3.66. The summed E-state index contributed by atoms with van der Waals surface area (Å²) >= 11 is 0. The molecular weight excluding hydrogens is 319 g/mol. The van der Waals surface area contributed by atoms with Crippen molar-refractivity contribution in [3.8, 4) is 0 Å². The van der Waals surface area contributed by atoms with Crippen LogP contribution in [0.5, 0.6) is 0 Å². The Morgan fingerprint density at radius 2 is 2.04 bits per heavy atom. The molecule has 0 atom stereocenters. The van der Waals surface area contributed by atoms with E-state index in [1.165, 1.54) is 12.1 Å². The molecule has 1 saturated heterocycles. The molecule has 0 saturated carbocycles. The molecule has 1 heterocycles. The van der Waals surface area contributed by atoms with E-state index in [0.29, 0.717) is 18.0 Å². The molecule has 0 bridgehead atoms. The van der Waals surface area contributed by atoms with E-state index >= 15 is 0 Å². The first kappa shape index (κ1) is 18.3. The summed E-state index contributed by atoms with van der Waals surface area (Å²) < 4.78 is 45.7. The van der Waals surface area contributed by atoms with Gasteiger partial charge in [0.2, 0.25) is 10.0 Å². The third-order valence-corrected chi connectivity index (χ3v) is 5.89. The zero-order valence-electron chi connectivity index (χ0n) is 13.7. The van der Waals surface area contributed by atoms with Gasteiger partial charge >= 0.3 is 0 Å². The number of nitrogens with zero attached hydrogens (tertiary/aromatic N) is 1. The van der Waals surface area contributed by atoms with Crippen molar-refractivity contribution < 1.29 is 17.5 Å². The largest absolute Gasteiger partial charge is 0.383 e. The van der Waals surface area contributed by atoms with Gasteiger partial charge in [-0.3, -0.25) is 0 Å². The standard InChI is InChI=1S/C16H25FN2O3S/c1-13-3-4-15(17)11-16(13)23(20,21)18-12-14-5-7-19(8-6-14)9-10-22-2/h3-4,11,14,18H,5-10,12H2,1-2H3. The van der Waals surface area contributed by atoms with E-state index in [9.17, 15) is 12.8 Å². The fourth-order valence-corrected chi connectivity index (χ4v) is 4.17. The summed E-state index contributed by atoms with van der Waals surface area (Å²) in [4.78, 5) is 2.35. The van der Waals surface area contributed by atoms with Crippen LogP contribution in [-0.4, -0.2) is 53.2 Å². The van der Waals surface area contributed by atoms with Crippen molar-refractivity contribution in [2.24, 2.45) is 5.92 Å². The van der Waals surface area contributed by atoms with Gasteiger partial charge in [0, 0.05) is 20.2 Å². The van der Waals surface area contributed by atoms with E-state index in [2.05, 4.69) is 9.62 Å². The quantitative estimate of drug-likeness (QED) is 0.819. The molecule has 0 aliphatic carbocycles. The fourth-order valence-electron chi connectivity index (χ4n) is 2.80. The van der Waals surface area contributed by atoms with Crippen molar-refractivity contribution in [3.63, 3.8) is 0 Å². The number of halogens is 1. The Balaban J connectivity index is 1.87. The maximum absolute atomic E-state index is 13.3. The maximum atomic E-state index is 13.3. The zero-order valence-corrected chi connectivity index (χ0v) is 14.5. The lowest BCUT2D eigenvalue weighted by molar-refractivity contribution is 0.121. The predicted molar refractivity (Wildman–Crippen MR) is 87.4 cm³/mol. The monoisotopic (exact) mass is 344 g/mol. The highest BCUT2D eigenvalue weighted by molar-refractivity contribution is 7.89. The Morgan fingerprint density at radius 3 is 2.70 bits per heavy atom. The fraction of sp³-hybridized carbons (Fsp3) is 0.625. The van der Waals surface area contributed by atoms with Gasteiger partial charge in [0.05, 0.1) is 11.5 Å². The molecule has 1 aromatic rings. The molecule has 1 aliphatic heterocycles. The minimum absolute atomic E-state index is 0.0232. The number of aryl methyl sites for hydroxylation is 1. The summed E-state index contributed by atoms with van der Waals surface area (Å²) in [5.74, 6) is -0.222. The van der Waals surface area contributed by atoms with Crippen LogP contribution in [0.25, 0.3) is 0 Å². The lowest BCUT2D eigenvalue weighted by atomic mass is 9.97. The van der Waals surface area contributed by atoms with Gasteiger partial charge < -0.3 is 9.64 Å². The van der Waals surface area contributed by atoms with Crippen LogP contribution in [0.2, 0.25) is 0 Å². The first-order chi connectivity index (χ1) is 10.9. The second-order valence-electron chi connectivity index (χ2n) is 6.04. The number of benzene rings is 1. The van der Waals surface area contributed by atoms with Gasteiger partial charge in [-0.1, -0.05) is 6.07 Å². The zero-order chi connectivity index (χ0) is 16.9. The van der Waals surface area contributed by atoms with Crippen LogP contribution in [-0.2, 0) is 14.8 Å². The molecule has 1 aromatic carbocycles. The molecule has 1 aliphatic rings. The molecule has 0 amide bonds. The number of rotatable bonds is 7. The van der Waals surface area contributed by atoms with Crippen LogP contribution in [0, 0.1) is 18.7 Å². The van der Waals surface area contributed by atoms with Gasteiger partial charge in [0.25, 0.3) is 0 Å². The highest BCUT2D eigenvalue weighted by atomic mass is 32.2. The summed E-state index contributed by atoms with van der Waals surface area (Å²) in [5, 5.41) is 0. The summed E-state index contributed by atoms with van der Waals surface area (Å²) in [6.45, 7) is 5.61. The van der Waals surface area contributed by atoms with Crippen LogP contribution in [0.3, 0.4) is 0 Å². The lowest BCUT2D eigenvalue weighted by Crippen LogP contribution is -2.39. The molecule has 1 N–H and O–H groups in total. The van der Waals surface area contributed by atoms with Crippen LogP contribution < -0.4 is 4.72 Å². The van der Waals surface area contributed by atoms with Crippen molar-refractivity contribution in [1.82, 2.24) is 9.62 Å². The number of piperidine rings is 1. The first-order valence-electron chi connectivity index (χ1n) is 7.89. The maximum Gasteiger partial charge on any atom is 0.240 e. The van der Waals surface area contributed by atoms with E-state index in [-0.39, 0.29) is 4.90 Å². The number of ether oxygens (including phenoxy) is 1. The van der Waals surface area contributed by atoms with E-state index in [1.54, 1.807) is 14.0 Å². The SMILES string of the molecule is COCCN1CCC(CNS(=O)(=O)c2cc(F)ccc2C)CC1. The number of hydrogen-bond acceptors (Lipinski definition) is 4. The second-order valence-corrected chi connectivity index (χ2v) is 7.77. The van der Waals surface area contributed by atoms with Gasteiger partial charge in [0.1, 0.15) is 5.82 Å². The number of hydrogen-bond donors (Lipinski definition) is 1.